The minimum absolute atomic E-state index is 0.162. The number of rotatable bonds is 9. The molecule has 42 heavy (non-hydrogen) atoms. The number of morpholine rings is 1. The molecule has 6 rings (SSSR count). The number of carbonyl (C=O) groups is 1. The van der Waals surface area contributed by atoms with Gasteiger partial charge >= 0.3 is 0 Å². The van der Waals surface area contributed by atoms with E-state index in [1.165, 1.54) is 27.8 Å². The van der Waals surface area contributed by atoms with Gasteiger partial charge in [-0.2, -0.15) is 0 Å². The van der Waals surface area contributed by atoms with E-state index in [1.807, 2.05) is 43.3 Å². The van der Waals surface area contributed by atoms with Crippen LogP contribution in [0.1, 0.15) is 27.9 Å². The molecule has 3 heterocycles. The average molecular weight is 607 g/mol. The Labute approximate surface area is 250 Å². The predicted molar refractivity (Wildman–Crippen MR) is 166 cm³/mol. The Morgan fingerprint density at radius 1 is 1.05 bits per heavy atom. The summed E-state index contributed by atoms with van der Waals surface area (Å²) < 4.78 is 40.5. The summed E-state index contributed by atoms with van der Waals surface area (Å²) >= 11 is 1.47. The van der Waals surface area contributed by atoms with Crippen LogP contribution in [0.2, 0.25) is 0 Å². The molecule has 1 fully saturated rings. The molecule has 0 radical (unpaired) electrons. The van der Waals surface area contributed by atoms with Crippen LogP contribution in [-0.2, 0) is 21.2 Å². The second kappa shape index (κ2) is 12.0. The van der Waals surface area contributed by atoms with Gasteiger partial charge in [0.25, 0.3) is 15.9 Å². The highest BCUT2D eigenvalue weighted by Crippen LogP contribution is 2.37. The van der Waals surface area contributed by atoms with Gasteiger partial charge in [0.05, 0.1) is 35.6 Å². The van der Waals surface area contributed by atoms with Crippen LogP contribution < -0.4 is 13.9 Å². The first-order chi connectivity index (χ1) is 20.4. The second-order valence-electron chi connectivity index (χ2n) is 10.5. The molecule has 0 saturated carbocycles. The molecule has 0 bridgehead atoms. The number of methoxy groups -OCH3 is 1. The zero-order valence-corrected chi connectivity index (χ0v) is 25.4. The normalized spacial score (nSPS) is 15.6. The lowest BCUT2D eigenvalue weighted by Crippen LogP contribution is -2.39. The van der Waals surface area contributed by atoms with Crippen molar-refractivity contribution in [1.82, 2.24) is 9.88 Å². The molecule has 11 heteroatoms. The fourth-order valence-electron chi connectivity index (χ4n) is 5.55. The number of ether oxygens (including phenoxy) is 2. The number of carbonyl (C=O) groups excluding carboxylic acids is 1. The first-order valence-electron chi connectivity index (χ1n) is 14.1. The highest BCUT2D eigenvalue weighted by atomic mass is 32.2. The molecule has 1 amide bonds. The molecule has 220 valence electrons. The molecule has 3 aromatic carbocycles. The van der Waals surface area contributed by atoms with Gasteiger partial charge in [-0.1, -0.05) is 35.6 Å². The van der Waals surface area contributed by atoms with E-state index in [1.54, 1.807) is 24.1 Å². The van der Waals surface area contributed by atoms with Crippen molar-refractivity contribution in [3.63, 3.8) is 0 Å². The number of para-hydroxylation sites is 1. The standard InChI is InChI=1S/C31H34N4O5S2/c1-22-8-13-27(39-2)28-29(22)41-31(32-28)34(16-5-15-33-18-20-40-21-19-33)30(36)24-9-11-25(12-10-24)42(37,38)35-17-14-23-6-3-4-7-26(23)35/h3-4,6-13H,5,14-21H2,1-2H3. The molecule has 0 spiro atoms. The molecule has 1 saturated heterocycles. The number of nitrogens with zero attached hydrogens (tertiary/aromatic N) is 4. The van der Waals surface area contributed by atoms with E-state index >= 15 is 0 Å². The molecular weight excluding hydrogens is 572 g/mol. The van der Waals surface area contributed by atoms with Crippen LogP contribution in [0.15, 0.2) is 65.6 Å². The number of hydrogen-bond acceptors (Lipinski definition) is 8. The number of benzene rings is 3. The van der Waals surface area contributed by atoms with Crippen molar-refractivity contribution in [2.24, 2.45) is 0 Å². The van der Waals surface area contributed by atoms with Gasteiger partial charge in [-0.3, -0.25) is 18.9 Å². The fourth-order valence-corrected chi connectivity index (χ4v) is 8.13. The number of fused-ring (bicyclic) bond motifs is 2. The van der Waals surface area contributed by atoms with Gasteiger partial charge < -0.3 is 9.47 Å². The van der Waals surface area contributed by atoms with Gasteiger partial charge in [-0.05, 0) is 67.3 Å². The molecular formula is C31H34N4O5S2. The monoisotopic (exact) mass is 606 g/mol. The van der Waals surface area contributed by atoms with Gasteiger partial charge in [0.15, 0.2) is 5.13 Å². The van der Waals surface area contributed by atoms with Crippen LogP contribution in [0.4, 0.5) is 10.8 Å². The number of amides is 1. The Balaban J connectivity index is 1.27. The highest BCUT2D eigenvalue weighted by Gasteiger charge is 2.31. The lowest BCUT2D eigenvalue weighted by atomic mass is 10.2. The third-order valence-electron chi connectivity index (χ3n) is 7.88. The summed E-state index contributed by atoms with van der Waals surface area (Å²) in [6, 6.07) is 17.7. The Kier molecular flexibility index (Phi) is 8.17. The molecule has 0 unspecified atom stereocenters. The van der Waals surface area contributed by atoms with Gasteiger partial charge in [-0.25, -0.2) is 13.4 Å². The van der Waals surface area contributed by atoms with E-state index in [2.05, 4.69) is 4.90 Å². The number of aryl methyl sites for hydroxylation is 1. The van der Waals surface area contributed by atoms with Crippen molar-refractivity contribution in [3.8, 4) is 5.75 Å². The van der Waals surface area contributed by atoms with Gasteiger partial charge in [0.1, 0.15) is 11.3 Å². The van der Waals surface area contributed by atoms with Crippen LogP contribution in [-0.4, -0.2) is 77.3 Å². The molecule has 9 nitrogen and oxygen atoms in total. The summed E-state index contributed by atoms with van der Waals surface area (Å²) in [7, 11) is -2.14. The summed E-state index contributed by atoms with van der Waals surface area (Å²) in [5.74, 6) is 0.444. The summed E-state index contributed by atoms with van der Waals surface area (Å²) in [5.41, 5.74) is 3.93. The van der Waals surface area contributed by atoms with Crippen LogP contribution in [0, 0.1) is 6.92 Å². The highest BCUT2D eigenvalue weighted by molar-refractivity contribution is 7.92. The smallest absolute Gasteiger partial charge is 0.264 e. The number of hydrogen-bond donors (Lipinski definition) is 0. The summed E-state index contributed by atoms with van der Waals surface area (Å²) in [6.07, 6.45) is 1.44. The Hall–Kier alpha value is -3.51. The Morgan fingerprint density at radius 2 is 1.81 bits per heavy atom. The van der Waals surface area contributed by atoms with Gasteiger partial charge in [0, 0.05) is 38.3 Å². The summed E-state index contributed by atoms with van der Waals surface area (Å²) in [6.45, 7) is 6.93. The largest absolute Gasteiger partial charge is 0.494 e. The first kappa shape index (κ1) is 28.6. The van der Waals surface area contributed by atoms with Crippen molar-refractivity contribution in [2.45, 2.75) is 24.7 Å². The first-order valence-corrected chi connectivity index (χ1v) is 16.4. The van der Waals surface area contributed by atoms with E-state index < -0.39 is 10.0 Å². The third kappa shape index (κ3) is 5.49. The maximum absolute atomic E-state index is 14.0. The molecule has 2 aliphatic heterocycles. The van der Waals surface area contributed by atoms with E-state index in [0.717, 1.165) is 60.6 Å². The molecule has 2 aliphatic rings. The number of anilines is 2. The maximum Gasteiger partial charge on any atom is 0.264 e. The minimum Gasteiger partial charge on any atom is -0.494 e. The van der Waals surface area contributed by atoms with Crippen molar-refractivity contribution < 1.29 is 22.7 Å². The summed E-state index contributed by atoms with van der Waals surface area (Å²) in [5, 5.41) is 0.593. The van der Waals surface area contributed by atoms with E-state index in [-0.39, 0.29) is 10.8 Å². The molecule has 0 N–H and O–H groups in total. The predicted octanol–water partition coefficient (Wildman–Crippen LogP) is 4.73. The molecule has 4 aromatic rings. The molecule has 0 atom stereocenters. The third-order valence-corrected chi connectivity index (χ3v) is 10.9. The van der Waals surface area contributed by atoms with Crippen molar-refractivity contribution >= 4 is 48.3 Å². The van der Waals surface area contributed by atoms with Crippen LogP contribution in [0.25, 0.3) is 10.2 Å². The van der Waals surface area contributed by atoms with Crippen LogP contribution in [0.3, 0.4) is 0 Å². The van der Waals surface area contributed by atoms with Crippen LogP contribution in [0.5, 0.6) is 5.75 Å². The average Bonchev–Trinajstić information content (AvgIpc) is 3.66. The van der Waals surface area contributed by atoms with E-state index in [9.17, 15) is 13.2 Å². The lowest BCUT2D eigenvalue weighted by molar-refractivity contribution is 0.0376. The van der Waals surface area contributed by atoms with Crippen molar-refractivity contribution in [1.29, 1.82) is 0 Å². The van der Waals surface area contributed by atoms with Crippen molar-refractivity contribution in [3.05, 3.63) is 77.4 Å². The SMILES string of the molecule is COc1ccc(C)c2sc(N(CCCN3CCOCC3)C(=O)c3ccc(S(=O)(=O)N4CCc5ccccc54)cc3)nc12. The van der Waals surface area contributed by atoms with Crippen molar-refractivity contribution in [2.75, 3.05) is 62.3 Å². The lowest BCUT2D eigenvalue weighted by Gasteiger charge is -2.27. The number of sulfonamides is 1. The number of aromatic nitrogens is 1. The Bertz CT molecular complexity index is 1700. The zero-order valence-electron chi connectivity index (χ0n) is 23.8. The van der Waals surface area contributed by atoms with Gasteiger partial charge in [0.2, 0.25) is 0 Å². The quantitative estimate of drug-likeness (QED) is 0.272. The number of thiazole rings is 1. The van der Waals surface area contributed by atoms with E-state index in [0.29, 0.717) is 41.6 Å². The summed E-state index contributed by atoms with van der Waals surface area (Å²) in [4.78, 5) is 23.1. The zero-order chi connectivity index (χ0) is 29.3. The second-order valence-corrected chi connectivity index (χ2v) is 13.3. The van der Waals surface area contributed by atoms with E-state index in [4.69, 9.17) is 14.5 Å². The van der Waals surface area contributed by atoms with Gasteiger partial charge in [-0.15, -0.1) is 0 Å². The fraction of sp³-hybridized carbons (Fsp3) is 0.355. The van der Waals surface area contributed by atoms with Crippen LogP contribution >= 0.6 is 11.3 Å². The topological polar surface area (TPSA) is 92.3 Å². The molecule has 0 aliphatic carbocycles. The maximum atomic E-state index is 14.0. The molecule has 1 aromatic heterocycles. The Morgan fingerprint density at radius 3 is 2.57 bits per heavy atom. The minimum atomic E-state index is -3.75.